The summed E-state index contributed by atoms with van der Waals surface area (Å²) in [6.07, 6.45) is 0. The molecule has 0 aromatic rings. The Morgan fingerprint density at radius 3 is 1.50 bits per heavy atom. The molecule has 0 spiro atoms. The van der Waals surface area contributed by atoms with Gasteiger partial charge in [-0.05, 0) is 19.4 Å². The summed E-state index contributed by atoms with van der Waals surface area (Å²) in [5.41, 5.74) is 1.41. The Hall–Kier alpha value is -0.460. The Labute approximate surface area is 64.1 Å². The van der Waals surface area contributed by atoms with E-state index in [-0.39, 0.29) is 5.41 Å². The van der Waals surface area contributed by atoms with Crippen LogP contribution < -0.4 is 0 Å². The Balaban J connectivity index is 4.55. The molecule has 10 heavy (non-hydrogen) atoms. The molecule has 0 bridgehead atoms. The van der Waals surface area contributed by atoms with Crippen molar-refractivity contribution in [3.05, 3.63) is 11.3 Å². The van der Waals surface area contributed by atoms with Crippen molar-refractivity contribution in [3.63, 3.8) is 0 Å². The van der Waals surface area contributed by atoms with E-state index >= 15 is 0 Å². The average molecular weight is 142 g/mol. The lowest BCUT2D eigenvalue weighted by molar-refractivity contribution is 0.202. The molecule has 0 aliphatic rings. The van der Waals surface area contributed by atoms with Crippen molar-refractivity contribution in [1.82, 2.24) is 0 Å². The number of ether oxygens (including phenoxy) is 1. The van der Waals surface area contributed by atoms with Crippen molar-refractivity contribution in [2.24, 2.45) is 5.41 Å². The third-order valence-corrected chi connectivity index (χ3v) is 1.34. The van der Waals surface area contributed by atoms with Crippen molar-refractivity contribution >= 4 is 0 Å². The van der Waals surface area contributed by atoms with Crippen molar-refractivity contribution < 1.29 is 4.74 Å². The van der Waals surface area contributed by atoms with Crippen molar-refractivity contribution in [2.45, 2.75) is 34.6 Å². The smallest absolute Gasteiger partial charge is 0.0995 e. The number of methoxy groups -OCH3 is 1. The van der Waals surface area contributed by atoms with Gasteiger partial charge in [-0.15, -0.1) is 0 Å². The highest BCUT2D eigenvalue weighted by Gasteiger charge is 2.18. The highest BCUT2D eigenvalue weighted by Crippen LogP contribution is 2.27. The quantitative estimate of drug-likeness (QED) is 0.511. The molecular formula is C9H18O. The van der Waals surface area contributed by atoms with Crippen LogP contribution in [0.15, 0.2) is 11.3 Å². The maximum absolute atomic E-state index is 5.26. The average Bonchev–Trinajstić information content (AvgIpc) is 1.60. The summed E-state index contributed by atoms with van der Waals surface area (Å²) in [4.78, 5) is 0. The fourth-order valence-corrected chi connectivity index (χ4v) is 1.26. The van der Waals surface area contributed by atoms with E-state index in [1.165, 1.54) is 5.57 Å². The van der Waals surface area contributed by atoms with E-state index in [1.807, 2.05) is 0 Å². The van der Waals surface area contributed by atoms with Crippen molar-refractivity contribution in [3.8, 4) is 0 Å². The maximum atomic E-state index is 5.26. The van der Waals surface area contributed by atoms with Crippen LogP contribution in [0, 0.1) is 5.41 Å². The fourth-order valence-electron chi connectivity index (χ4n) is 1.26. The molecule has 0 amide bonds. The molecule has 0 saturated carbocycles. The second-order valence-corrected chi connectivity index (χ2v) is 3.78. The van der Waals surface area contributed by atoms with Crippen molar-refractivity contribution in [2.75, 3.05) is 7.11 Å². The first-order valence-electron chi connectivity index (χ1n) is 3.61. The summed E-state index contributed by atoms with van der Waals surface area (Å²) in [6, 6.07) is 0. The summed E-state index contributed by atoms with van der Waals surface area (Å²) in [5, 5.41) is 0. The predicted molar refractivity (Wildman–Crippen MR) is 44.8 cm³/mol. The summed E-state index contributed by atoms with van der Waals surface area (Å²) >= 11 is 0. The minimum atomic E-state index is 0.146. The normalized spacial score (nSPS) is 11.0. The predicted octanol–water partition coefficient (Wildman–Crippen LogP) is 2.97. The monoisotopic (exact) mass is 142 g/mol. The molecule has 60 valence electrons. The molecule has 0 rings (SSSR count). The van der Waals surface area contributed by atoms with Gasteiger partial charge in [-0.25, -0.2) is 0 Å². The van der Waals surface area contributed by atoms with E-state index in [1.54, 1.807) is 7.11 Å². The standard InChI is InChI=1S/C9H18O/c1-7(2)8(10-6)9(3,4)5/h1-6H3. The summed E-state index contributed by atoms with van der Waals surface area (Å²) in [5.74, 6) is 1.09. The first kappa shape index (κ1) is 9.54. The number of allylic oxidation sites excluding steroid dienone is 2. The van der Waals surface area contributed by atoms with Gasteiger partial charge in [0.15, 0.2) is 0 Å². The van der Waals surface area contributed by atoms with Gasteiger partial charge >= 0.3 is 0 Å². The zero-order chi connectivity index (χ0) is 8.36. The van der Waals surface area contributed by atoms with Crippen LogP contribution in [0.25, 0.3) is 0 Å². The van der Waals surface area contributed by atoms with Crippen LogP contribution >= 0.6 is 0 Å². The Kier molecular flexibility index (Phi) is 2.95. The molecule has 0 aromatic heterocycles. The van der Waals surface area contributed by atoms with Crippen LogP contribution in [0.2, 0.25) is 0 Å². The minimum Gasteiger partial charge on any atom is -0.501 e. The van der Waals surface area contributed by atoms with E-state index in [9.17, 15) is 0 Å². The maximum Gasteiger partial charge on any atom is 0.0995 e. The van der Waals surface area contributed by atoms with Gasteiger partial charge < -0.3 is 4.74 Å². The molecule has 0 N–H and O–H groups in total. The van der Waals surface area contributed by atoms with Gasteiger partial charge in [0, 0.05) is 5.41 Å². The van der Waals surface area contributed by atoms with Crippen LogP contribution in [-0.2, 0) is 4.74 Å². The SMILES string of the molecule is COC(=C(C)C)C(C)(C)C. The highest BCUT2D eigenvalue weighted by molar-refractivity contribution is 5.09. The molecule has 0 atom stereocenters. The Morgan fingerprint density at radius 2 is 1.50 bits per heavy atom. The van der Waals surface area contributed by atoms with Gasteiger partial charge in [0.2, 0.25) is 0 Å². The molecule has 1 heteroatoms. The lowest BCUT2D eigenvalue weighted by Gasteiger charge is -2.22. The first-order chi connectivity index (χ1) is 4.39. The molecule has 0 saturated heterocycles. The largest absolute Gasteiger partial charge is 0.501 e. The van der Waals surface area contributed by atoms with E-state index in [0.29, 0.717) is 0 Å². The van der Waals surface area contributed by atoms with Crippen LogP contribution in [0.5, 0.6) is 0 Å². The third-order valence-electron chi connectivity index (χ3n) is 1.34. The Morgan fingerprint density at radius 1 is 1.10 bits per heavy atom. The molecule has 1 nitrogen and oxygen atoms in total. The minimum absolute atomic E-state index is 0.146. The van der Waals surface area contributed by atoms with E-state index < -0.39 is 0 Å². The van der Waals surface area contributed by atoms with Gasteiger partial charge in [-0.3, -0.25) is 0 Å². The van der Waals surface area contributed by atoms with Gasteiger partial charge in [0.1, 0.15) is 0 Å². The molecule has 0 unspecified atom stereocenters. The fraction of sp³-hybridized carbons (Fsp3) is 0.778. The number of rotatable bonds is 1. The van der Waals surface area contributed by atoms with Crippen molar-refractivity contribution in [1.29, 1.82) is 0 Å². The zero-order valence-electron chi connectivity index (χ0n) is 7.91. The van der Waals surface area contributed by atoms with Crippen LogP contribution in [-0.4, -0.2) is 7.11 Å². The van der Waals surface area contributed by atoms with Crippen LogP contribution in [0.3, 0.4) is 0 Å². The molecular weight excluding hydrogens is 124 g/mol. The molecule has 0 aliphatic carbocycles. The van der Waals surface area contributed by atoms with Gasteiger partial charge in [0.25, 0.3) is 0 Å². The Bertz CT molecular complexity index is 133. The first-order valence-corrected chi connectivity index (χ1v) is 3.61. The highest BCUT2D eigenvalue weighted by atomic mass is 16.5. The molecule has 0 aromatic carbocycles. The lowest BCUT2D eigenvalue weighted by Crippen LogP contribution is -2.12. The molecule has 0 heterocycles. The third kappa shape index (κ3) is 2.42. The van der Waals surface area contributed by atoms with E-state index in [2.05, 4.69) is 34.6 Å². The van der Waals surface area contributed by atoms with E-state index in [4.69, 9.17) is 4.74 Å². The molecule has 0 radical (unpaired) electrons. The lowest BCUT2D eigenvalue weighted by atomic mass is 9.91. The topological polar surface area (TPSA) is 9.23 Å². The van der Waals surface area contributed by atoms with E-state index in [0.717, 1.165) is 5.76 Å². The number of hydrogen-bond acceptors (Lipinski definition) is 1. The number of hydrogen-bond donors (Lipinski definition) is 0. The van der Waals surface area contributed by atoms with Crippen LogP contribution in [0.4, 0.5) is 0 Å². The molecule has 0 aliphatic heterocycles. The second kappa shape index (κ2) is 3.09. The summed E-state index contributed by atoms with van der Waals surface area (Å²) in [7, 11) is 1.73. The van der Waals surface area contributed by atoms with Gasteiger partial charge in [-0.1, -0.05) is 20.8 Å². The van der Waals surface area contributed by atoms with Crippen LogP contribution in [0.1, 0.15) is 34.6 Å². The summed E-state index contributed by atoms with van der Waals surface area (Å²) in [6.45, 7) is 10.6. The summed E-state index contributed by atoms with van der Waals surface area (Å²) < 4.78 is 5.26. The van der Waals surface area contributed by atoms with Gasteiger partial charge in [-0.2, -0.15) is 0 Å². The molecule has 0 fully saturated rings. The van der Waals surface area contributed by atoms with Gasteiger partial charge in [0.05, 0.1) is 12.9 Å². The second-order valence-electron chi connectivity index (χ2n) is 3.78. The zero-order valence-corrected chi connectivity index (χ0v) is 7.91.